The fraction of sp³-hybridized carbons (Fsp3) is 0.433. The Balaban J connectivity index is 1.28. The second-order valence-electron chi connectivity index (χ2n) is 11.0. The molecule has 182 valence electrons. The van der Waals surface area contributed by atoms with E-state index in [9.17, 15) is 0 Å². The van der Waals surface area contributed by atoms with Gasteiger partial charge in [0.05, 0.1) is 30.8 Å². The van der Waals surface area contributed by atoms with Crippen molar-refractivity contribution in [2.45, 2.75) is 51.7 Å². The van der Waals surface area contributed by atoms with Gasteiger partial charge in [-0.25, -0.2) is 0 Å². The third-order valence-electron chi connectivity index (χ3n) is 8.48. The van der Waals surface area contributed by atoms with Crippen LogP contribution in [0.5, 0.6) is 11.5 Å². The molecule has 1 aromatic heterocycles. The van der Waals surface area contributed by atoms with E-state index < -0.39 is 5.41 Å². The summed E-state index contributed by atoms with van der Waals surface area (Å²) in [4.78, 5) is 0. The number of rotatable bonds is 6. The molecule has 35 heavy (non-hydrogen) atoms. The van der Waals surface area contributed by atoms with Crippen molar-refractivity contribution in [1.82, 2.24) is 5.16 Å². The van der Waals surface area contributed by atoms with Crippen LogP contribution in [0, 0.1) is 5.92 Å². The van der Waals surface area contributed by atoms with Gasteiger partial charge in [-0.05, 0) is 32.9 Å². The van der Waals surface area contributed by atoms with Gasteiger partial charge in [-0.3, -0.25) is 0 Å². The minimum Gasteiger partial charge on any atom is -0.457 e. The van der Waals surface area contributed by atoms with Gasteiger partial charge in [-0.2, -0.15) is 0 Å². The molecule has 2 aromatic carbocycles. The Hall–Kier alpha value is -2.89. The lowest BCUT2D eigenvalue weighted by atomic mass is 9.71. The number of allylic oxidation sites excluding steroid dienone is 1. The molecule has 0 spiro atoms. The summed E-state index contributed by atoms with van der Waals surface area (Å²) in [6, 6.07) is 18.7. The number of nitrogens with zero attached hydrogens (tertiary/aromatic N) is 2. The molecule has 1 unspecified atom stereocenters. The number of piperidine rings is 3. The predicted molar refractivity (Wildman–Crippen MR) is 135 cm³/mol. The normalized spacial score (nSPS) is 25.9. The molecule has 4 aliphatic heterocycles. The lowest BCUT2D eigenvalue weighted by Gasteiger charge is -2.51. The van der Waals surface area contributed by atoms with Crippen molar-refractivity contribution >= 4 is 0 Å². The van der Waals surface area contributed by atoms with Gasteiger partial charge in [-0.1, -0.05) is 53.2 Å². The number of benzene rings is 2. The first-order valence-electron chi connectivity index (χ1n) is 12.9. The third-order valence-corrected chi connectivity index (χ3v) is 8.48. The van der Waals surface area contributed by atoms with E-state index in [2.05, 4.69) is 62.3 Å². The molecule has 2 bridgehead atoms. The van der Waals surface area contributed by atoms with E-state index in [0.717, 1.165) is 58.3 Å². The Labute approximate surface area is 207 Å². The van der Waals surface area contributed by atoms with Crippen LogP contribution in [0.15, 0.2) is 70.8 Å². The average molecular weight is 472 g/mol. The first-order valence-corrected chi connectivity index (χ1v) is 12.9. The van der Waals surface area contributed by atoms with Crippen LogP contribution in [0.2, 0.25) is 0 Å². The van der Waals surface area contributed by atoms with Crippen LogP contribution in [0.25, 0.3) is 0 Å². The van der Waals surface area contributed by atoms with Crippen molar-refractivity contribution in [1.29, 1.82) is 0 Å². The molecule has 3 aromatic rings. The van der Waals surface area contributed by atoms with E-state index in [1.807, 2.05) is 24.3 Å². The maximum absolute atomic E-state index is 6.33. The highest BCUT2D eigenvalue weighted by molar-refractivity contribution is 5.61. The molecule has 0 amide bonds. The topological polar surface area (TPSA) is 44.5 Å². The SMILES string of the molecule is CC(C)=CCOC1C[N+]2(Cc3cc(C4(C)c5ccccc5Oc5ccccc54)no3)CCC1CC2. The molecule has 0 N–H and O–H groups in total. The summed E-state index contributed by atoms with van der Waals surface area (Å²) in [6.45, 7) is 11.5. The predicted octanol–water partition coefficient (Wildman–Crippen LogP) is 6.23. The molecule has 0 aliphatic carbocycles. The van der Waals surface area contributed by atoms with E-state index in [0.29, 0.717) is 12.0 Å². The Bertz CT molecular complexity index is 1200. The van der Waals surface area contributed by atoms with Crippen LogP contribution in [0.4, 0.5) is 0 Å². The van der Waals surface area contributed by atoms with E-state index in [4.69, 9.17) is 14.0 Å². The molecular weight excluding hydrogens is 436 g/mol. The smallest absolute Gasteiger partial charge is 0.191 e. The summed E-state index contributed by atoms with van der Waals surface area (Å²) in [5, 5.41) is 4.66. The Morgan fingerprint density at radius 2 is 1.71 bits per heavy atom. The quantitative estimate of drug-likeness (QED) is 0.316. The van der Waals surface area contributed by atoms with Crippen molar-refractivity contribution in [3.8, 4) is 11.5 Å². The summed E-state index contributed by atoms with van der Waals surface area (Å²) in [5.74, 6) is 3.43. The fourth-order valence-corrected chi connectivity index (χ4v) is 6.40. The molecule has 5 nitrogen and oxygen atoms in total. The van der Waals surface area contributed by atoms with Gasteiger partial charge in [0.2, 0.25) is 0 Å². The third kappa shape index (κ3) is 3.91. The van der Waals surface area contributed by atoms with Crippen molar-refractivity contribution in [3.05, 3.63) is 88.8 Å². The van der Waals surface area contributed by atoms with E-state index >= 15 is 0 Å². The zero-order valence-corrected chi connectivity index (χ0v) is 21.0. The van der Waals surface area contributed by atoms with Crippen LogP contribution in [-0.4, -0.2) is 42.0 Å². The fourth-order valence-electron chi connectivity index (χ4n) is 6.40. The first kappa shape index (κ1) is 22.6. The number of hydrogen-bond donors (Lipinski definition) is 0. The maximum atomic E-state index is 6.33. The second kappa shape index (κ2) is 8.65. The number of para-hydroxylation sites is 2. The summed E-state index contributed by atoms with van der Waals surface area (Å²) >= 11 is 0. The lowest BCUT2D eigenvalue weighted by Crippen LogP contribution is -2.63. The second-order valence-corrected chi connectivity index (χ2v) is 11.0. The molecular formula is C30H35N2O3+. The molecule has 3 saturated heterocycles. The summed E-state index contributed by atoms with van der Waals surface area (Å²) < 4.78 is 19.7. The van der Waals surface area contributed by atoms with Gasteiger partial charge in [0.25, 0.3) is 0 Å². The standard InChI is InChI=1S/C30H35N2O3/c1-21(2)14-17-33-28-20-32(15-12-22(28)13-16-32)19-23-18-29(31-35-23)30(3)24-8-4-6-10-26(24)34-27-11-7-5-9-25(27)30/h4-11,14,18,22,28H,12-13,15-17,19-20H2,1-3H3/q+1. The number of ether oxygens (including phenoxy) is 2. The summed E-state index contributed by atoms with van der Waals surface area (Å²) in [5.41, 5.74) is 4.07. The lowest BCUT2D eigenvalue weighted by molar-refractivity contribution is -0.959. The molecule has 5 heteroatoms. The van der Waals surface area contributed by atoms with E-state index in [-0.39, 0.29) is 0 Å². The number of quaternary nitrogens is 1. The van der Waals surface area contributed by atoms with Crippen LogP contribution in [0.1, 0.15) is 56.2 Å². The van der Waals surface area contributed by atoms with Crippen molar-refractivity contribution < 1.29 is 18.5 Å². The monoisotopic (exact) mass is 471 g/mol. The zero-order chi connectivity index (χ0) is 24.0. The largest absolute Gasteiger partial charge is 0.457 e. The molecule has 4 aliphatic rings. The number of hydrogen-bond acceptors (Lipinski definition) is 4. The maximum Gasteiger partial charge on any atom is 0.191 e. The summed E-state index contributed by atoms with van der Waals surface area (Å²) in [6.07, 6.45) is 4.99. The van der Waals surface area contributed by atoms with Crippen LogP contribution < -0.4 is 4.74 Å². The van der Waals surface area contributed by atoms with Gasteiger partial charge in [0.15, 0.2) is 5.76 Å². The van der Waals surface area contributed by atoms with Crippen LogP contribution >= 0.6 is 0 Å². The first-order chi connectivity index (χ1) is 17.0. The Kier molecular flexibility index (Phi) is 5.58. The zero-order valence-electron chi connectivity index (χ0n) is 21.0. The number of aromatic nitrogens is 1. The van der Waals surface area contributed by atoms with Crippen molar-refractivity contribution in [3.63, 3.8) is 0 Å². The van der Waals surface area contributed by atoms with Crippen LogP contribution in [-0.2, 0) is 16.7 Å². The minimum atomic E-state index is -0.432. The van der Waals surface area contributed by atoms with E-state index in [1.165, 1.54) is 31.5 Å². The van der Waals surface area contributed by atoms with Gasteiger partial charge in [0.1, 0.15) is 30.7 Å². The van der Waals surface area contributed by atoms with Gasteiger partial charge in [0, 0.05) is 36.0 Å². The highest BCUT2D eigenvalue weighted by atomic mass is 16.5. The van der Waals surface area contributed by atoms with Crippen molar-refractivity contribution in [2.24, 2.45) is 5.92 Å². The molecule has 0 saturated carbocycles. The molecule has 3 fully saturated rings. The van der Waals surface area contributed by atoms with E-state index in [1.54, 1.807) is 0 Å². The highest BCUT2D eigenvalue weighted by Gasteiger charge is 2.48. The minimum absolute atomic E-state index is 0.335. The molecule has 5 heterocycles. The van der Waals surface area contributed by atoms with Gasteiger partial charge >= 0.3 is 0 Å². The van der Waals surface area contributed by atoms with Crippen molar-refractivity contribution in [2.75, 3.05) is 26.2 Å². The van der Waals surface area contributed by atoms with Crippen LogP contribution in [0.3, 0.4) is 0 Å². The average Bonchev–Trinajstić information content (AvgIpc) is 3.33. The van der Waals surface area contributed by atoms with Gasteiger partial charge in [-0.15, -0.1) is 0 Å². The Morgan fingerprint density at radius 3 is 2.37 bits per heavy atom. The molecule has 0 radical (unpaired) electrons. The van der Waals surface area contributed by atoms with Gasteiger partial charge < -0.3 is 18.5 Å². The Morgan fingerprint density at radius 1 is 1.06 bits per heavy atom. The molecule has 1 atom stereocenters. The molecule has 7 rings (SSSR count). The number of fused-ring (bicyclic) bond motifs is 5. The summed E-state index contributed by atoms with van der Waals surface area (Å²) in [7, 11) is 0. The highest BCUT2D eigenvalue weighted by Crippen LogP contribution is 2.51.